The predicted octanol–water partition coefficient (Wildman–Crippen LogP) is 1.92. The summed E-state index contributed by atoms with van der Waals surface area (Å²) in [5.74, 6) is -1.90. The van der Waals surface area contributed by atoms with E-state index in [0.717, 1.165) is 6.07 Å². The lowest BCUT2D eigenvalue weighted by molar-refractivity contribution is -0.123. The van der Waals surface area contributed by atoms with Gasteiger partial charge in [0.2, 0.25) is 10.0 Å². The number of nitrogens with one attached hydrogen (secondary N) is 2. The Bertz CT molecular complexity index is 913. The summed E-state index contributed by atoms with van der Waals surface area (Å²) in [5.41, 5.74) is 0.337. The van der Waals surface area contributed by atoms with Crippen LogP contribution in [0, 0.1) is 5.82 Å². The summed E-state index contributed by atoms with van der Waals surface area (Å²) in [4.78, 5) is 24.1. The summed E-state index contributed by atoms with van der Waals surface area (Å²) in [6.45, 7) is 1.37. The van der Waals surface area contributed by atoms with Gasteiger partial charge >= 0.3 is 5.97 Å². The van der Waals surface area contributed by atoms with Gasteiger partial charge in [-0.2, -0.15) is 0 Å². The van der Waals surface area contributed by atoms with E-state index in [-0.39, 0.29) is 10.5 Å². The van der Waals surface area contributed by atoms with E-state index in [1.54, 1.807) is 0 Å². The third kappa shape index (κ3) is 4.87. The molecule has 0 aromatic heterocycles. The molecule has 0 aliphatic carbocycles. The quantitative estimate of drug-likeness (QED) is 0.746. The van der Waals surface area contributed by atoms with E-state index in [2.05, 4.69) is 10.0 Å². The number of carbonyl (C=O) groups is 2. The highest BCUT2D eigenvalue weighted by Gasteiger charge is 2.20. The van der Waals surface area contributed by atoms with Crippen molar-refractivity contribution in [1.82, 2.24) is 4.72 Å². The summed E-state index contributed by atoms with van der Waals surface area (Å²) in [5, 5.41) is 2.48. The molecule has 9 heteroatoms. The number of anilines is 1. The molecule has 0 fully saturated rings. The first-order chi connectivity index (χ1) is 12.2. The smallest absolute Gasteiger partial charge is 0.338 e. The standard InChI is InChI=1S/C17H17FN2O5S/c1-11(16(21)20-14-8-6-13(18)7-9-14)25-17(22)12-4-3-5-15(10-12)26(23,24)19-2/h3-11,19H,1-2H3,(H,20,21)/t11-/m1/s1. The summed E-state index contributed by atoms with van der Waals surface area (Å²) in [7, 11) is -2.46. The van der Waals surface area contributed by atoms with Crippen LogP contribution in [-0.4, -0.2) is 33.4 Å². The molecule has 0 radical (unpaired) electrons. The van der Waals surface area contributed by atoms with Gasteiger partial charge in [-0.3, -0.25) is 4.79 Å². The van der Waals surface area contributed by atoms with Gasteiger partial charge in [-0.25, -0.2) is 22.3 Å². The minimum Gasteiger partial charge on any atom is -0.449 e. The van der Waals surface area contributed by atoms with Crippen LogP contribution in [0.15, 0.2) is 53.4 Å². The van der Waals surface area contributed by atoms with Crippen LogP contribution in [0.5, 0.6) is 0 Å². The molecule has 0 unspecified atom stereocenters. The second-order valence-corrected chi connectivity index (χ2v) is 7.17. The van der Waals surface area contributed by atoms with E-state index < -0.39 is 33.8 Å². The minimum atomic E-state index is -3.71. The van der Waals surface area contributed by atoms with Crippen molar-refractivity contribution in [2.45, 2.75) is 17.9 Å². The predicted molar refractivity (Wildman–Crippen MR) is 92.6 cm³/mol. The Morgan fingerprint density at radius 1 is 1.12 bits per heavy atom. The molecule has 1 amide bonds. The van der Waals surface area contributed by atoms with E-state index in [9.17, 15) is 22.4 Å². The molecule has 0 aliphatic rings. The molecule has 0 saturated carbocycles. The lowest BCUT2D eigenvalue weighted by Crippen LogP contribution is -2.30. The molecule has 2 N–H and O–H groups in total. The van der Waals surface area contributed by atoms with Crippen LogP contribution >= 0.6 is 0 Å². The number of sulfonamides is 1. The number of hydrogen-bond donors (Lipinski definition) is 2. The van der Waals surface area contributed by atoms with Crippen LogP contribution in [0.4, 0.5) is 10.1 Å². The van der Waals surface area contributed by atoms with E-state index in [4.69, 9.17) is 4.74 Å². The van der Waals surface area contributed by atoms with Crippen LogP contribution in [-0.2, 0) is 19.6 Å². The average Bonchev–Trinajstić information content (AvgIpc) is 2.63. The summed E-state index contributed by atoms with van der Waals surface area (Å²) in [6.07, 6.45) is -1.14. The first kappa shape index (κ1) is 19.5. The first-order valence-corrected chi connectivity index (χ1v) is 9.02. The Morgan fingerprint density at radius 3 is 2.38 bits per heavy atom. The molecule has 1 atom stereocenters. The average molecular weight is 380 g/mol. The fraction of sp³-hybridized carbons (Fsp3) is 0.176. The summed E-state index contributed by atoms with van der Waals surface area (Å²) < 4.78 is 43.6. The van der Waals surface area contributed by atoms with Crippen molar-refractivity contribution in [3.05, 3.63) is 59.9 Å². The Morgan fingerprint density at radius 2 is 1.77 bits per heavy atom. The maximum absolute atomic E-state index is 12.9. The highest BCUT2D eigenvalue weighted by Crippen LogP contribution is 2.14. The third-order valence-corrected chi connectivity index (χ3v) is 4.83. The molecule has 0 bridgehead atoms. The first-order valence-electron chi connectivity index (χ1n) is 7.54. The Balaban J connectivity index is 2.05. The minimum absolute atomic E-state index is 0.0113. The lowest BCUT2D eigenvalue weighted by Gasteiger charge is -2.14. The Kier molecular flexibility index (Phi) is 6.06. The molecular weight excluding hydrogens is 363 g/mol. The van der Waals surface area contributed by atoms with Crippen molar-refractivity contribution in [2.24, 2.45) is 0 Å². The van der Waals surface area contributed by atoms with Crippen molar-refractivity contribution in [2.75, 3.05) is 12.4 Å². The number of carbonyl (C=O) groups excluding carboxylic acids is 2. The second-order valence-electron chi connectivity index (χ2n) is 5.28. The molecule has 2 rings (SSSR count). The summed E-state index contributed by atoms with van der Waals surface area (Å²) >= 11 is 0. The topological polar surface area (TPSA) is 102 Å². The van der Waals surface area contributed by atoms with Crippen molar-refractivity contribution < 1.29 is 27.1 Å². The molecular formula is C17H17FN2O5S. The maximum atomic E-state index is 12.9. The van der Waals surface area contributed by atoms with Gasteiger partial charge in [-0.15, -0.1) is 0 Å². The van der Waals surface area contributed by atoms with Crippen molar-refractivity contribution in [3.8, 4) is 0 Å². The Labute approximate surface area is 150 Å². The molecule has 0 spiro atoms. The number of hydrogen-bond acceptors (Lipinski definition) is 5. The van der Waals surface area contributed by atoms with Gasteiger partial charge < -0.3 is 10.1 Å². The van der Waals surface area contributed by atoms with Crippen molar-refractivity contribution in [3.63, 3.8) is 0 Å². The van der Waals surface area contributed by atoms with Gasteiger partial charge in [-0.05, 0) is 56.4 Å². The van der Waals surface area contributed by atoms with Crippen molar-refractivity contribution >= 4 is 27.6 Å². The molecule has 26 heavy (non-hydrogen) atoms. The van der Waals surface area contributed by atoms with E-state index in [1.807, 2.05) is 0 Å². The molecule has 0 aliphatic heterocycles. The summed E-state index contributed by atoms with van der Waals surface area (Å²) in [6, 6.07) is 10.3. The molecule has 138 valence electrons. The third-order valence-electron chi connectivity index (χ3n) is 3.41. The lowest BCUT2D eigenvalue weighted by atomic mass is 10.2. The number of esters is 1. The number of amides is 1. The Hall–Kier alpha value is -2.78. The van der Waals surface area contributed by atoms with Gasteiger partial charge in [0, 0.05) is 5.69 Å². The van der Waals surface area contributed by atoms with Crippen LogP contribution in [0.1, 0.15) is 17.3 Å². The fourth-order valence-corrected chi connectivity index (χ4v) is 2.74. The second kappa shape index (κ2) is 8.07. The number of benzene rings is 2. The van der Waals surface area contributed by atoms with Crippen LogP contribution in [0.3, 0.4) is 0 Å². The van der Waals surface area contributed by atoms with Crippen LogP contribution < -0.4 is 10.0 Å². The van der Waals surface area contributed by atoms with E-state index in [0.29, 0.717) is 5.69 Å². The molecule has 2 aromatic rings. The zero-order valence-corrected chi connectivity index (χ0v) is 14.8. The molecule has 7 nitrogen and oxygen atoms in total. The SMILES string of the molecule is CNS(=O)(=O)c1cccc(C(=O)O[C@H](C)C(=O)Nc2ccc(F)cc2)c1. The zero-order valence-electron chi connectivity index (χ0n) is 14.0. The number of halogens is 1. The fourth-order valence-electron chi connectivity index (χ4n) is 1.97. The van der Waals surface area contributed by atoms with Gasteiger partial charge in [0.1, 0.15) is 5.82 Å². The van der Waals surface area contributed by atoms with Crippen LogP contribution in [0.25, 0.3) is 0 Å². The zero-order chi connectivity index (χ0) is 19.3. The highest BCUT2D eigenvalue weighted by molar-refractivity contribution is 7.89. The largest absolute Gasteiger partial charge is 0.449 e. The van der Waals surface area contributed by atoms with Gasteiger partial charge in [0.15, 0.2) is 6.10 Å². The van der Waals surface area contributed by atoms with Gasteiger partial charge in [0.25, 0.3) is 5.91 Å². The molecule has 2 aromatic carbocycles. The molecule has 0 saturated heterocycles. The van der Waals surface area contributed by atoms with Crippen LogP contribution in [0.2, 0.25) is 0 Å². The van der Waals surface area contributed by atoms with Gasteiger partial charge in [0.05, 0.1) is 10.5 Å². The van der Waals surface area contributed by atoms with E-state index in [1.165, 1.54) is 56.4 Å². The number of rotatable bonds is 6. The number of ether oxygens (including phenoxy) is 1. The normalized spacial score (nSPS) is 12.3. The van der Waals surface area contributed by atoms with E-state index >= 15 is 0 Å². The monoisotopic (exact) mass is 380 g/mol. The highest BCUT2D eigenvalue weighted by atomic mass is 32.2. The van der Waals surface area contributed by atoms with Crippen molar-refractivity contribution in [1.29, 1.82) is 0 Å². The molecule has 0 heterocycles. The van der Waals surface area contributed by atoms with Gasteiger partial charge in [-0.1, -0.05) is 6.07 Å². The maximum Gasteiger partial charge on any atom is 0.338 e.